The molecule has 0 saturated heterocycles. The van der Waals surface area contributed by atoms with Gasteiger partial charge < -0.3 is 21.7 Å². The van der Waals surface area contributed by atoms with Crippen molar-refractivity contribution in [1.29, 1.82) is 0 Å². The molecule has 0 spiro atoms. The minimum atomic E-state index is -4.48. The molecule has 5 N–H and O–H groups in total. The minimum Gasteiger partial charge on any atom is -0.368 e. The first-order valence-corrected chi connectivity index (χ1v) is 10.8. The molecule has 4 rings (SSSR count). The lowest BCUT2D eigenvalue weighted by atomic mass is 9.88. The Balaban J connectivity index is 1.70. The predicted octanol–water partition coefficient (Wildman–Crippen LogP) is 3.11. The van der Waals surface area contributed by atoms with E-state index in [9.17, 15) is 22.8 Å². The van der Waals surface area contributed by atoms with Crippen LogP contribution in [0.3, 0.4) is 0 Å². The maximum Gasteiger partial charge on any atom is 0.417 e. The number of hydrogen-bond acceptors (Lipinski definition) is 6. The van der Waals surface area contributed by atoms with Crippen LogP contribution >= 0.6 is 0 Å². The number of primary amides is 2. The van der Waals surface area contributed by atoms with E-state index in [1.54, 1.807) is 30.0 Å². The highest BCUT2D eigenvalue weighted by Gasteiger charge is 2.34. The van der Waals surface area contributed by atoms with Gasteiger partial charge in [0.2, 0.25) is 11.9 Å². The van der Waals surface area contributed by atoms with Crippen LogP contribution in [0.1, 0.15) is 34.1 Å². The molecule has 1 aliphatic rings. The van der Waals surface area contributed by atoms with E-state index in [-0.39, 0.29) is 23.0 Å². The average Bonchev–Trinajstić information content (AvgIpc) is 2.82. The van der Waals surface area contributed by atoms with Crippen LogP contribution in [0.4, 0.5) is 24.9 Å². The Bertz CT molecular complexity index is 1290. The summed E-state index contributed by atoms with van der Waals surface area (Å²) in [4.78, 5) is 33.7. The molecule has 0 bridgehead atoms. The van der Waals surface area contributed by atoms with E-state index >= 15 is 0 Å². The van der Waals surface area contributed by atoms with E-state index < -0.39 is 29.6 Å². The summed E-state index contributed by atoms with van der Waals surface area (Å²) in [7, 11) is 0. The quantitative estimate of drug-likeness (QED) is 0.493. The van der Waals surface area contributed by atoms with Crippen LogP contribution in [0.5, 0.6) is 0 Å². The first-order valence-electron chi connectivity index (χ1n) is 10.8. The second-order valence-corrected chi connectivity index (χ2v) is 8.23. The van der Waals surface area contributed by atoms with Gasteiger partial charge in [0.1, 0.15) is 17.6 Å². The fraction of sp³-hybridized carbons (Fsp3) is 0.250. The van der Waals surface area contributed by atoms with Gasteiger partial charge >= 0.3 is 6.18 Å². The number of carbonyl (C=O) groups is 2. The van der Waals surface area contributed by atoms with E-state index in [1.165, 1.54) is 18.2 Å². The molecule has 0 aliphatic carbocycles. The molecular weight excluding hydrogens is 461 g/mol. The highest BCUT2D eigenvalue weighted by Crippen LogP contribution is 2.40. The van der Waals surface area contributed by atoms with Crippen LogP contribution in [-0.4, -0.2) is 34.4 Å². The van der Waals surface area contributed by atoms with Crippen molar-refractivity contribution in [2.75, 3.05) is 16.8 Å². The molecule has 1 aliphatic heterocycles. The van der Waals surface area contributed by atoms with Crippen molar-refractivity contribution in [2.24, 2.45) is 11.5 Å². The summed E-state index contributed by atoms with van der Waals surface area (Å²) in [5.74, 6) is -0.975. The number of aromatic nitrogens is 2. The first-order chi connectivity index (χ1) is 16.5. The van der Waals surface area contributed by atoms with Crippen LogP contribution in [0.2, 0.25) is 0 Å². The summed E-state index contributed by atoms with van der Waals surface area (Å²) in [5.41, 5.74) is 12.3. The summed E-state index contributed by atoms with van der Waals surface area (Å²) < 4.78 is 40.9. The molecule has 2 heterocycles. The number of nitrogens with zero attached hydrogens (tertiary/aromatic N) is 3. The Labute approximate surface area is 199 Å². The minimum absolute atomic E-state index is 0.0483. The highest BCUT2D eigenvalue weighted by molar-refractivity contribution is 5.92. The van der Waals surface area contributed by atoms with Crippen molar-refractivity contribution in [3.8, 4) is 11.1 Å². The van der Waals surface area contributed by atoms with Crippen molar-refractivity contribution in [1.82, 2.24) is 9.97 Å². The second kappa shape index (κ2) is 9.24. The molecule has 2 aromatic carbocycles. The molecule has 8 nitrogen and oxygen atoms in total. The van der Waals surface area contributed by atoms with Crippen molar-refractivity contribution in [3.05, 3.63) is 70.9 Å². The number of alkyl halides is 3. The highest BCUT2D eigenvalue weighted by atomic mass is 19.4. The van der Waals surface area contributed by atoms with Gasteiger partial charge in [-0.2, -0.15) is 18.2 Å². The van der Waals surface area contributed by atoms with Gasteiger partial charge in [-0.05, 0) is 41.7 Å². The van der Waals surface area contributed by atoms with Crippen molar-refractivity contribution >= 4 is 23.6 Å². The average molecular weight is 484 g/mol. The van der Waals surface area contributed by atoms with E-state index in [1.807, 2.05) is 6.07 Å². The smallest absolute Gasteiger partial charge is 0.368 e. The summed E-state index contributed by atoms with van der Waals surface area (Å²) >= 11 is 0. The number of halogens is 3. The molecule has 0 radical (unpaired) electrons. The summed E-state index contributed by atoms with van der Waals surface area (Å²) in [6.07, 6.45) is -4.04. The predicted molar refractivity (Wildman–Crippen MR) is 124 cm³/mol. The van der Waals surface area contributed by atoms with E-state index in [0.717, 1.165) is 17.2 Å². The Morgan fingerprint density at radius 3 is 2.46 bits per heavy atom. The summed E-state index contributed by atoms with van der Waals surface area (Å²) in [6, 6.07) is 11.3. The van der Waals surface area contributed by atoms with Crippen LogP contribution in [0.25, 0.3) is 11.1 Å². The third-order valence-corrected chi connectivity index (χ3v) is 5.83. The number of fused-ring (bicyclic) bond motifs is 1. The SMILES string of the molecule is CC(Nc1cc(C(N)=O)nc(N2CCc3c(cccc3-c3ccccc3C(F)(F)F)C2)n1)C(N)=O. The van der Waals surface area contributed by atoms with Gasteiger partial charge in [0.05, 0.1) is 5.56 Å². The van der Waals surface area contributed by atoms with Gasteiger partial charge in [-0.15, -0.1) is 0 Å². The fourth-order valence-corrected chi connectivity index (χ4v) is 4.07. The van der Waals surface area contributed by atoms with Gasteiger partial charge in [0.25, 0.3) is 5.91 Å². The van der Waals surface area contributed by atoms with Gasteiger partial charge in [0, 0.05) is 19.2 Å². The van der Waals surface area contributed by atoms with Crippen molar-refractivity contribution < 1.29 is 22.8 Å². The molecule has 1 unspecified atom stereocenters. The third kappa shape index (κ3) is 5.03. The molecule has 35 heavy (non-hydrogen) atoms. The number of amides is 2. The largest absolute Gasteiger partial charge is 0.417 e. The van der Waals surface area contributed by atoms with E-state index in [4.69, 9.17) is 11.5 Å². The lowest BCUT2D eigenvalue weighted by Gasteiger charge is -2.31. The second-order valence-electron chi connectivity index (χ2n) is 8.23. The zero-order valence-corrected chi connectivity index (χ0v) is 18.8. The number of benzene rings is 2. The van der Waals surface area contributed by atoms with Gasteiger partial charge in [-0.3, -0.25) is 9.59 Å². The Morgan fingerprint density at radius 1 is 1.06 bits per heavy atom. The lowest BCUT2D eigenvalue weighted by Crippen LogP contribution is -2.35. The third-order valence-electron chi connectivity index (χ3n) is 5.83. The first kappa shape index (κ1) is 24.0. The van der Waals surface area contributed by atoms with Crippen LogP contribution in [0, 0.1) is 0 Å². The molecule has 11 heteroatoms. The number of anilines is 2. The molecule has 2 amide bonds. The maximum absolute atomic E-state index is 13.6. The molecule has 0 fully saturated rings. The Kier molecular flexibility index (Phi) is 6.33. The number of hydrogen-bond donors (Lipinski definition) is 3. The van der Waals surface area contributed by atoms with Gasteiger partial charge in [0.15, 0.2) is 0 Å². The lowest BCUT2D eigenvalue weighted by molar-refractivity contribution is -0.137. The number of carbonyl (C=O) groups excluding carboxylic acids is 2. The molecule has 0 saturated carbocycles. The summed E-state index contributed by atoms with van der Waals surface area (Å²) in [6.45, 7) is 2.25. The number of rotatable bonds is 6. The molecule has 3 aromatic rings. The Morgan fingerprint density at radius 2 is 1.77 bits per heavy atom. The van der Waals surface area contributed by atoms with E-state index in [0.29, 0.717) is 25.1 Å². The van der Waals surface area contributed by atoms with Crippen molar-refractivity contribution in [3.63, 3.8) is 0 Å². The zero-order valence-electron chi connectivity index (χ0n) is 18.8. The monoisotopic (exact) mass is 484 g/mol. The molecule has 182 valence electrons. The maximum atomic E-state index is 13.6. The standard InChI is InChI=1S/C24H23F3N6O2/c1-13(21(28)34)30-20-11-19(22(29)35)31-23(32-20)33-10-9-15-14(12-33)5-4-7-16(15)17-6-2-3-8-18(17)24(25,26)27/h2-8,11,13H,9-10,12H2,1H3,(H2,28,34)(H2,29,35)(H,30,31,32). The van der Waals surface area contributed by atoms with Crippen molar-refractivity contribution in [2.45, 2.75) is 32.1 Å². The normalized spacial score (nSPS) is 14.2. The topological polar surface area (TPSA) is 127 Å². The van der Waals surface area contributed by atoms with Crippen LogP contribution < -0.4 is 21.7 Å². The number of nitrogens with two attached hydrogens (primary N) is 2. The van der Waals surface area contributed by atoms with Crippen LogP contribution in [-0.2, 0) is 23.9 Å². The fourth-order valence-electron chi connectivity index (χ4n) is 4.07. The van der Waals surface area contributed by atoms with E-state index in [2.05, 4.69) is 15.3 Å². The summed E-state index contributed by atoms with van der Waals surface area (Å²) in [5, 5.41) is 2.82. The zero-order chi connectivity index (χ0) is 25.3. The van der Waals surface area contributed by atoms with Gasteiger partial charge in [-0.1, -0.05) is 36.4 Å². The van der Waals surface area contributed by atoms with Gasteiger partial charge in [-0.25, -0.2) is 4.98 Å². The molecule has 1 atom stereocenters. The molecular formula is C24H23F3N6O2. The number of nitrogens with one attached hydrogen (secondary N) is 1. The molecule has 1 aromatic heterocycles. The Hall–Kier alpha value is -4.15. The van der Waals surface area contributed by atoms with Crippen LogP contribution in [0.15, 0.2) is 48.5 Å².